The standard InChI is InChI=1S/C24H34N2O5.ClH/c1-28-22-13-20(14-23(29-2)24(22)30-3)17-31-18-21(27)16-26-11-9-25(10-12-26)15-19-7-5-4-6-8-19;/h4-8,13-14,21,27H,9-12,15-18H2,1-3H3;1H. The number of piperazine rings is 1. The first-order chi connectivity index (χ1) is 15.1. The molecule has 7 nitrogen and oxygen atoms in total. The predicted octanol–water partition coefficient (Wildman–Crippen LogP) is 2.83. The van der Waals surface area contributed by atoms with Gasteiger partial charge in [0.1, 0.15) is 0 Å². The van der Waals surface area contributed by atoms with E-state index in [4.69, 9.17) is 18.9 Å². The number of hydrogen-bond acceptors (Lipinski definition) is 7. The molecule has 0 saturated carbocycles. The predicted molar refractivity (Wildman–Crippen MR) is 127 cm³/mol. The van der Waals surface area contributed by atoms with Crippen molar-refractivity contribution in [2.45, 2.75) is 19.3 Å². The average Bonchev–Trinajstić information content (AvgIpc) is 2.80. The van der Waals surface area contributed by atoms with Gasteiger partial charge in [0.15, 0.2) is 11.5 Å². The lowest BCUT2D eigenvalue weighted by molar-refractivity contribution is 0.000807. The Labute approximate surface area is 197 Å². The zero-order valence-corrected chi connectivity index (χ0v) is 20.0. The Morgan fingerprint density at radius 3 is 2.00 bits per heavy atom. The van der Waals surface area contributed by atoms with Gasteiger partial charge in [0.05, 0.1) is 40.6 Å². The first kappa shape index (κ1) is 26.2. The van der Waals surface area contributed by atoms with Gasteiger partial charge in [-0.1, -0.05) is 30.3 Å². The van der Waals surface area contributed by atoms with Crippen molar-refractivity contribution in [2.24, 2.45) is 0 Å². The van der Waals surface area contributed by atoms with Crippen LogP contribution in [-0.2, 0) is 17.9 Å². The number of hydrogen-bond donors (Lipinski definition) is 1. The number of nitrogens with zero attached hydrogens (tertiary/aromatic N) is 2. The second-order valence-electron chi connectivity index (χ2n) is 7.76. The van der Waals surface area contributed by atoms with Crippen molar-refractivity contribution in [3.05, 3.63) is 53.6 Å². The number of halogens is 1. The normalized spacial score (nSPS) is 15.6. The van der Waals surface area contributed by atoms with Crippen molar-refractivity contribution in [1.82, 2.24) is 9.80 Å². The van der Waals surface area contributed by atoms with E-state index in [0.717, 1.165) is 38.3 Å². The van der Waals surface area contributed by atoms with Gasteiger partial charge in [-0.2, -0.15) is 0 Å². The van der Waals surface area contributed by atoms with Crippen LogP contribution in [0.2, 0.25) is 0 Å². The summed E-state index contributed by atoms with van der Waals surface area (Å²) >= 11 is 0. The molecule has 1 N–H and O–H groups in total. The Morgan fingerprint density at radius 1 is 0.844 bits per heavy atom. The maximum absolute atomic E-state index is 10.4. The number of β-amino-alcohol motifs (C(OH)–C–C–N with tert-alkyl or cyclic N) is 1. The maximum Gasteiger partial charge on any atom is 0.203 e. The zero-order valence-electron chi connectivity index (χ0n) is 19.2. The third-order valence-electron chi connectivity index (χ3n) is 5.49. The van der Waals surface area contributed by atoms with E-state index in [2.05, 4.69) is 34.1 Å². The van der Waals surface area contributed by atoms with Gasteiger partial charge in [0, 0.05) is 39.3 Å². The molecule has 0 amide bonds. The molecule has 0 radical (unpaired) electrons. The molecule has 1 aliphatic heterocycles. The number of ether oxygens (including phenoxy) is 4. The Morgan fingerprint density at radius 2 is 1.44 bits per heavy atom. The second kappa shape index (κ2) is 13.5. The molecule has 2 aromatic rings. The van der Waals surface area contributed by atoms with Gasteiger partial charge in [-0.15, -0.1) is 12.4 Å². The maximum atomic E-state index is 10.4. The van der Waals surface area contributed by atoms with Crippen LogP contribution in [-0.4, -0.2) is 81.7 Å². The van der Waals surface area contributed by atoms with Crippen LogP contribution >= 0.6 is 12.4 Å². The highest BCUT2D eigenvalue weighted by atomic mass is 35.5. The lowest BCUT2D eigenvalue weighted by Crippen LogP contribution is -2.48. The Kier molecular flexibility index (Phi) is 11.1. The summed E-state index contributed by atoms with van der Waals surface area (Å²) in [5.41, 5.74) is 2.24. The molecule has 1 fully saturated rings. The van der Waals surface area contributed by atoms with Crippen LogP contribution in [0.25, 0.3) is 0 Å². The summed E-state index contributed by atoms with van der Waals surface area (Å²) < 4.78 is 21.8. The molecule has 1 unspecified atom stereocenters. The fourth-order valence-corrected chi connectivity index (χ4v) is 3.85. The lowest BCUT2D eigenvalue weighted by Gasteiger charge is -2.35. The van der Waals surface area contributed by atoms with Crippen molar-refractivity contribution in [1.29, 1.82) is 0 Å². The largest absolute Gasteiger partial charge is 0.493 e. The summed E-state index contributed by atoms with van der Waals surface area (Å²) in [4.78, 5) is 4.76. The lowest BCUT2D eigenvalue weighted by atomic mass is 10.2. The van der Waals surface area contributed by atoms with E-state index in [1.807, 2.05) is 18.2 Å². The van der Waals surface area contributed by atoms with Crippen LogP contribution in [0, 0.1) is 0 Å². The van der Waals surface area contributed by atoms with E-state index >= 15 is 0 Å². The topological polar surface area (TPSA) is 63.6 Å². The van der Waals surface area contributed by atoms with Crippen molar-refractivity contribution < 1.29 is 24.1 Å². The molecule has 178 valence electrons. The van der Waals surface area contributed by atoms with Crippen LogP contribution in [0.3, 0.4) is 0 Å². The smallest absolute Gasteiger partial charge is 0.203 e. The molecule has 1 atom stereocenters. The molecule has 0 aromatic heterocycles. The molecule has 0 aliphatic carbocycles. The number of rotatable bonds is 11. The number of methoxy groups -OCH3 is 3. The summed E-state index contributed by atoms with van der Waals surface area (Å²) in [6, 6.07) is 14.3. The molecular weight excluding hydrogens is 432 g/mol. The van der Waals surface area contributed by atoms with E-state index in [9.17, 15) is 5.11 Å². The molecular formula is C24H35ClN2O5. The van der Waals surface area contributed by atoms with Crippen molar-refractivity contribution >= 4 is 12.4 Å². The fourth-order valence-electron chi connectivity index (χ4n) is 3.85. The first-order valence-electron chi connectivity index (χ1n) is 10.7. The Hall–Kier alpha value is -2.03. The molecule has 0 spiro atoms. The summed E-state index contributed by atoms with van der Waals surface area (Å²) in [5, 5.41) is 10.4. The van der Waals surface area contributed by atoms with Gasteiger partial charge in [-0.3, -0.25) is 9.80 Å². The SMILES string of the molecule is COc1cc(COCC(O)CN2CCN(Cc3ccccc3)CC2)cc(OC)c1OC.Cl. The zero-order chi connectivity index (χ0) is 22.1. The molecule has 1 heterocycles. The summed E-state index contributed by atoms with van der Waals surface area (Å²) in [7, 11) is 4.75. The van der Waals surface area contributed by atoms with Gasteiger partial charge < -0.3 is 24.1 Å². The van der Waals surface area contributed by atoms with E-state index in [1.54, 1.807) is 21.3 Å². The van der Waals surface area contributed by atoms with Gasteiger partial charge >= 0.3 is 0 Å². The highest BCUT2D eigenvalue weighted by molar-refractivity contribution is 5.85. The third-order valence-corrected chi connectivity index (χ3v) is 5.49. The third kappa shape index (κ3) is 7.53. The second-order valence-corrected chi connectivity index (χ2v) is 7.76. The van der Waals surface area contributed by atoms with Crippen molar-refractivity contribution in [3.63, 3.8) is 0 Å². The number of aliphatic hydroxyl groups excluding tert-OH is 1. The van der Waals surface area contributed by atoms with Crippen molar-refractivity contribution in [2.75, 3.05) is 60.7 Å². The fraction of sp³-hybridized carbons (Fsp3) is 0.500. The Balaban J connectivity index is 0.00000363. The van der Waals surface area contributed by atoms with Crippen LogP contribution < -0.4 is 14.2 Å². The Bertz CT molecular complexity index is 775. The summed E-state index contributed by atoms with van der Waals surface area (Å²) in [5.74, 6) is 1.74. The minimum atomic E-state index is -0.525. The highest BCUT2D eigenvalue weighted by Gasteiger charge is 2.19. The van der Waals surface area contributed by atoms with E-state index in [-0.39, 0.29) is 19.0 Å². The minimum Gasteiger partial charge on any atom is -0.493 e. The molecule has 1 aliphatic rings. The summed E-state index contributed by atoms with van der Waals surface area (Å²) in [6.07, 6.45) is -0.525. The molecule has 2 aromatic carbocycles. The quantitative estimate of drug-likeness (QED) is 0.546. The van der Waals surface area contributed by atoms with Crippen molar-refractivity contribution in [3.8, 4) is 17.2 Å². The first-order valence-corrected chi connectivity index (χ1v) is 10.7. The van der Waals surface area contributed by atoms with Gasteiger partial charge in [0.2, 0.25) is 5.75 Å². The molecule has 3 rings (SSSR count). The average molecular weight is 467 g/mol. The van der Waals surface area contributed by atoms with Gasteiger partial charge in [0.25, 0.3) is 0 Å². The molecule has 32 heavy (non-hydrogen) atoms. The molecule has 8 heteroatoms. The van der Waals surface area contributed by atoms with Crippen LogP contribution in [0.5, 0.6) is 17.2 Å². The number of aliphatic hydroxyl groups is 1. The molecule has 1 saturated heterocycles. The van der Waals surface area contributed by atoms with E-state index < -0.39 is 6.10 Å². The van der Waals surface area contributed by atoms with Crippen LogP contribution in [0.1, 0.15) is 11.1 Å². The minimum absolute atomic E-state index is 0. The monoisotopic (exact) mass is 466 g/mol. The van der Waals surface area contributed by atoms with E-state index in [0.29, 0.717) is 30.4 Å². The summed E-state index contributed by atoms with van der Waals surface area (Å²) in [6.45, 7) is 6.17. The number of benzene rings is 2. The highest BCUT2D eigenvalue weighted by Crippen LogP contribution is 2.38. The van der Waals surface area contributed by atoms with E-state index in [1.165, 1.54) is 5.56 Å². The van der Waals surface area contributed by atoms with Crippen LogP contribution in [0.4, 0.5) is 0 Å². The van der Waals surface area contributed by atoms with Crippen LogP contribution in [0.15, 0.2) is 42.5 Å². The van der Waals surface area contributed by atoms with Gasteiger partial charge in [-0.05, 0) is 23.3 Å². The van der Waals surface area contributed by atoms with Gasteiger partial charge in [-0.25, -0.2) is 0 Å². The molecule has 0 bridgehead atoms.